The summed E-state index contributed by atoms with van der Waals surface area (Å²) < 4.78 is 27.9. The third kappa shape index (κ3) is 3.49. The minimum absolute atomic E-state index is 0.222. The van der Waals surface area contributed by atoms with Gasteiger partial charge in [0, 0.05) is 12.6 Å². The zero-order valence-electron chi connectivity index (χ0n) is 12.3. The van der Waals surface area contributed by atoms with Gasteiger partial charge in [-0.25, -0.2) is 13.1 Å². The van der Waals surface area contributed by atoms with Crippen molar-refractivity contribution in [3.63, 3.8) is 0 Å². The number of aryl methyl sites for hydroxylation is 1. The number of H-pyrrole nitrogens is 1. The summed E-state index contributed by atoms with van der Waals surface area (Å²) in [7, 11) is -1.88. The van der Waals surface area contributed by atoms with Crippen molar-refractivity contribution < 1.29 is 8.42 Å². The lowest BCUT2D eigenvalue weighted by Crippen LogP contribution is -2.28. The Hall–Kier alpha value is -1.70. The summed E-state index contributed by atoms with van der Waals surface area (Å²) in [6.45, 7) is 3.91. The number of nitrogens with zero attached hydrogens (tertiary/aromatic N) is 1. The Labute approximate surface area is 125 Å². The van der Waals surface area contributed by atoms with Crippen LogP contribution in [0.25, 0.3) is 0 Å². The predicted octanol–water partition coefficient (Wildman–Crippen LogP) is 1.48. The summed E-state index contributed by atoms with van der Waals surface area (Å²) in [5, 5.41) is 9.70. The van der Waals surface area contributed by atoms with E-state index in [4.69, 9.17) is 0 Å². The van der Waals surface area contributed by atoms with Crippen molar-refractivity contribution in [1.29, 1.82) is 0 Å². The van der Waals surface area contributed by atoms with E-state index in [0.717, 1.165) is 5.56 Å². The van der Waals surface area contributed by atoms with Crippen molar-refractivity contribution in [3.8, 4) is 0 Å². The first-order valence-corrected chi connectivity index (χ1v) is 8.19. The molecular weight excluding hydrogens is 288 g/mol. The van der Waals surface area contributed by atoms with E-state index in [1.54, 1.807) is 14.0 Å². The van der Waals surface area contributed by atoms with Crippen LogP contribution in [0.5, 0.6) is 0 Å². The van der Waals surface area contributed by atoms with Crippen LogP contribution in [0.1, 0.15) is 29.9 Å². The van der Waals surface area contributed by atoms with Gasteiger partial charge in [-0.15, -0.1) is 0 Å². The maximum atomic E-state index is 12.6. The molecule has 2 aromatic rings. The number of aromatic amines is 1. The van der Waals surface area contributed by atoms with Crippen LogP contribution in [0.2, 0.25) is 0 Å². The summed E-state index contributed by atoms with van der Waals surface area (Å²) >= 11 is 0. The van der Waals surface area contributed by atoms with E-state index in [9.17, 15) is 8.42 Å². The second kappa shape index (κ2) is 6.38. The van der Waals surface area contributed by atoms with Crippen molar-refractivity contribution in [2.45, 2.75) is 31.3 Å². The van der Waals surface area contributed by atoms with Gasteiger partial charge in [0.1, 0.15) is 4.90 Å². The molecule has 0 radical (unpaired) electrons. The zero-order chi connectivity index (χ0) is 15.5. The average Bonchev–Trinajstić information content (AvgIpc) is 2.81. The van der Waals surface area contributed by atoms with Gasteiger partial charge in [-0.3, -0.25) is 5.10 Å². The van der Waals surface area contributed by atoms with Crippen LogP contribution >= 0.6 is 0 Å². The van der Waals surface area contributed by atoms with Gasteiger partial charge >= 0.3 is 0 Å². The molecule has 0 bridgehead atoms. The van der Waals surface area contributed by atoms with Gasteiger partial charge in [0.05, 0.1) is 11.4 Å². The Balaban J connectivity index is 2.29. The first-order valence-electron chi connectivity index (χ1n) is 6.71. The minimum atomic E-state index is -3.63. The normalized spacial score (nSPS) is 13.3. The molecule has 21 heavy (non-hydrogen) atoms. The van der Waals surface area contributed by atoms with Crippen LogP contribution in [-0.2, 0) is 16.6 Å². The molecule has 0 saturated heterocycles. The molecule has 2 rings (SSSR count). The lowest BCUT2D eigenvalue weighted by molar-refractivity contribution is 0.564. The highest BCUT2D eigenvalue weighted by atomic mass is 32.2. The molecular formula is C14H20N4O2S. The molecule has 1 unspecified atom stereocenters. The van der Waals surface area contributed by atoms with Gasteiger partial charge in [0.25, 0.3) is 0 Å². The molecule has 0 saturated carbocycles. The number of hydrogen-bond donors (Lipinski definition) is 3. The maximum Gasteiger partial charge on any atom is 0.244 e. The lowest BCUT2D eigenvalue weighted by Gasteiger charge is -2.15. The molecule has 0 aliphatic heterocycles. The molecule has 0 aliphatic rings. The van der Waals surface area contributed by atoms with Crippen LogP contribution in [0.4, 0.5) is 0 Å². The van der Waals surface area contributed by atoms with Gasteiger partial charge in [0.15, 0.2) is 0 Å². The monoisotopic (exact) mass is 308 g/mol. The van der Waals surface area contributed by atoms with Gasteiger partial charge in [-0.05, 0) is 26.5 Å². The maximum absolute atomic E-state index is 12.6. The lowest BCUT2D eigenvalue weighted by atomic mass is 10.1. The third-order valence-corrected chi connectivity index (χ3v) is 4.95. The first-order chi connectivity index (χ1) is 9.95. The summed E-state index contributed by atoms with van der Waals surface area (Å²) in [4.78, 5) is 0.222. The molecule has 1 atom stereocenters. The molecule has 0 aliphatic carbocycles. The highest BCUT2D eigenvalue weighted by Gasteiger charge is 2.25. The molecule has 3 N–H and O–H groups in total. The number of hydrogen-bond acceptors (Lipinski definition) is 4. The summed E-state index contributed by atoms with van der Waals surface area (Å²) in [5.41, 5.74) is 1.94. The van der Waals surface area contributed by atoms with Gasteiger partial charge in [-0.1, -0.05) is 30.3 Å². The SMILES string of the molecule is CNCc1n[nH]c(C)c1S(=O)(=O)NC(C)c1ccccc1. The van der Waals surface area contributed by atoms with E-state index in [1.807, 2.05) is 37.3 Å². The van der Waals surface area contributed by atoms with Crippen molar-refractivity contribution in [2.75, 3.05) is 7.05 Å². The molecule has 114 valence electrons. The third-order valence-electron chi connectivity index (χ3n) is 3.21. The molecule has 7 heteroatoms. The van der Waals surface area contributed by atoms with Crippen LogP contribution in [0.15, 0.2) is 35.2 Å². The fraction of sp³-hybridized carbons (Fsp3) is 0.357. The largest absolute Gasteiger partial charge is 0.314 e. The number of rotatable bonds is 6. The summed E-state index contributed by atoms with van der Waals surface area (Å²) in [6, 6.07) is 9.14. The molecule has 0 spiro atoms. The van der Waals surface area contributed by atoms with Crippen molar-refractivity contribution in [1.82, 2.24) is 20.2 Å². The standard InChI is InChI=1S/C14H20N4O2S/c1-10(12-7-5-4-6-8-12)18-21(19,20)14-11(2)16-17-13(14)9-15-3/h4-8,10,15,18H,9H2,1-3H3,(H,16,17). The minimum Gasteiger partial charge on any atom is -0.314 e. The van der Waals surface area contributed by atoms with Gasteiger partial charge in [-0.2, -0.15) is 5.10 Å². The van der Waals surface area contributed by atoms with E-state index in [0.29, 0.717) is 17.9 Å². The molecule has 1 aromatic heterocycles. The van der Waals surface area contributed by atoms with Crippen molar-refractivity contribution in [3.05, 3.63) is 47.3 Å². The second-order valence-corrected chi connectivity index (χ2v) is 6.56. The van der Waals surface area contributed by atoms with E-state index >= 15 is 0 Å². The van der Waals surface area contributed by atoms with Crippen molar-refractivity contribution in [2.24, 2.45) is 0 Å². The second-order valence-electron chi connectivity index (χ2n) is 4.91. The smallest absolute Gasteiger partial charge is 0.244 e. The van der Waals surface area contributed by atoms with Crippen LogP contribution in [0.3, 0.4) is 0 Å². The van der Waals surface area contributed by atoms with Gasteiger partial charge < -0.3 is 5.32 Å². The first kappa shape index (κ1) is 15.7. The number of benzene rings is 1. The van der Waals surface area contributed by atoms with Crippen LogP contribution in [-0.4, -0.2) is 25.7 Å². The highest BCUT2D eigenvalue weighted by molar-refractivity contribution is 7.89. The Bertz CT molecular complexity index is 695. The Morgan fingerprint density at radius 3 is 2.57 bits per heavy atom. The van der Waals surface area contributed by atoms with E-state index in [2.05, 4.69) is 20.2 Å². The fourth-order valence-corrected chi connectivity index (χ4v) is 3.81. The molecule has 0 fully saturated rings. The van der Waals surface area contributed by atoms with Gasteiger partial charge in [0.2, 0.25) is 10.0 Å². The quantitative estimate of drug-likeness (QED) is 0.754. The van der Waals surface area contributed by atoms with Crippen molar-refractivity contribution >= 4 is 10.0 Å². The molecule has 6 nitrogen and oxygen atoms in total. The number of aromatic nitrogens is 2. The predicted molar refractivity (Wildman–Crippen MR) is 81.3 cm³/mol. The van der Waals surface area contributed by atoms with E-state index < -0.39 is 10.0 Å². The summed E-state index contributed by atoms with van der Waals surface area (Å²) in [6.07, 6.45) is 0. The Morgan fingerprint density at radius 2 is 1.95 bits per heavy atom. The topological polar surface area (TPSA) is 86.9 Å². The average molecular weight is 308 g/mol. The van der Waals surface area contributed by atoms with E-state index in [1.165, 1.54) is 0 Å². The highest BCUT2D eigenvalue weighted by Crippen LogP contribution is 2.21. The van der Waals surface area contributed by atoms with Crippen LogP contribution < -0.4 is 10.0 Å². The molecule has 1 heterocycles. The van der Waals surface area contributed by atoms with Crippen LogP contribution in [0, 0.1) is 6.92 Å². The fourth-order valence-electron chi connectivity index (χ4n) is 2.21. The number of sulfonamides is 1. The zero-order valence-corrected chi connectivity index (χ0v) is 13.2. The van der Waals surface area contributed by atoms with E-state index in [-0.39, 0.29) is 10.9 Å². The number of nitrogens with one attached hydrogen (secondary N) is 3. The molecule has 0 amide bonds. The Morgan fingerprint density at radius 1 is 1.29 bits per heavy atom. The molecule has 1 aromatic carbocycles. The summed E-state index contributed by atoms with van der Waals surface area (Å²) in [5.74, 6) is 0. The Kier molecular flexibility index (Phi) is 4.76.